The van der Waals surface area contributed by atoms with E-state index in [0.717, 1.165) is 44.3 Å². The van der Waals surface area contributed by atoms with Crippen molar-refractivity contribution in [2.75, 3.05) is 31.6 Å². The molecule has 0 aromatic heterocycles. The Hall–Kier alpha value is -4.61. The molecule has 2 aromatic carbocycles. The van der Waals surface area contributed by atoms with Gasteiger partial charge in [0.2, 0.25) is 5.91 Å². The summed E-state index contributed by atoms with van der Waals surface area (Å²) in [6.07, 6.45) is 52.8. The van der Waals surface area contributed by atoms with Gasteiger partial charge in [0.05, 0.1) is 12.2 Å². The summed E-state index contributed by atoms with van der Waals surface area (Å²) in [5.74, 6) is -1.40. The number of carbonyl (C=O) groups excluding carboxylic acids is 5. The van der Waals surface area contributed by atoms with Crippen LogP contribution < -0.4 is 21.9 Å². The smallest absolute Gasteiger partial charge is 0.405 e. The first-order valence-electron chi connectivity index (χ1n) is 33.3. The summed E-state index contributed by atoms with van der Waals surface area (Å²) in [7, 11) is 0. The van der Waals surface area contributed by atoms with Crippen molar-refractivity contribution in [3.63, 3.8) is 0 Å². The fourth-order valence-corrected chi connectivity index (χ4v) is 11.4. The number of anilines is 1. The van der Waals surface area contributed by atoms with Crippen LogP contribution in [0.4, 0.5) is 10.5 Å². The van der Waals surface area contributed by atoms with Crippen LogP contribution in [0.3, 0.4) is 0 Å². The van der Waals surface area contributed by atoms with Gasteiger partial charge >= 0.3 is 6.09 Å². The highest BCUT2D eigenvalue weighted by Gasteiger charge is 2.34. The Kier molecular flexibility index (Phi) is 41.8. The second-order valence-electron chi connectivity index (χ2n) is 23.5. The maximum absolute atomic E-state index is 14.1. The number of carbonyl (C=O) groups is 5. The maximum Gasteiger partial charge on any atom is 0.405 e. The highest BCUT2D eigenvalue weighted by atomic mass is 16.6. The molecule has 5 amide bonds. The van der Waals surface area contributed by atoms with Gasteiger partial charge in [0.15, 0.2) is 6.10 Å². The van der Waals surface area contributed by atoms with E-state index in [0.29, 0.717) is 30.6 Å². The van der Waals surface area contributed by atoms with Gasteiger partial charge in [-0.25, -0.2) is 4.79 Å². The predicted molar refractivity (Wildman–Crippen MR) is 332 cm³/mol. The monoisotopic (exact) mass is 1110 g/mol. The average molecular weight is 1110 g/mol. The van der Waals surface area contributed by atoms with E-state index in [1.54, 1.807) is 24.3 Å². The number of nitrogens with zero attached hydrogens (tertiary/aromatic N) is 2. The molecule has 1 aliphatic rings. The van der Waals surface area contributed by atoms with E-state index in [1.807, 2.05) is 30.3 Å². The van der Waals surface area contributed by atoms with Gasteiger partial charge in [0.1, 0.15) is 6.04 Å². The molecular formula is C68H116N6O6. The number of primary amides is 1. The van der Waals surface area contributed by atoms with Gasteiger partial charge < -0.3 is 25.6 Å². The zero-order valence-electron chi connectivity index (χ0n) is 51.0. The summed E-state index contributed by atoms with van der Waals surface area (Å²) >= 11 is 0. The molecule has 2 aromatic rings. The molecule has 3 rings (SSSR count). The van der Waals surface area contributed by atoms with Crippen LogP contribution in [-0.4, -0.2) is 77.8 Å². The van der Waals surface area contributed by atoms with Crippen molar-refractivity contribution in [1.29, 1.82) is 0 Å². The summed E-state index contributed by atoms with van der Waals surface area (Å²) in [5.41, 5.74) is 13.0. The molecule has 12 heteroatoms. The van der Waals surface area contributed by atoms with Crippen molar-refractivity contribution < 1.29 is 28.7 Å². The van der Waals surface area contributed by atoms with E-state index >= 15 is 0 Å². The highest BCUT2D eigenvalue weighted by molar-refractivity contribution is 5.95. The fraction of sp³-hybridized carbons (Fsp3) is 0.750. The molecule has 2 unspecified atom stereocenters. The Morgan fingerprint density at radius 3 is 1.31 bits per heavy atom. The normalized spacial score (nSPS) is 13.5. The topological polar surface area (TPSA) is 163 Å². The van der Waals surface area contributed by atoms with Crippen LogP contribution in [-0.2, 0) is 25.5 Å². The molecule has 12 nitrogen and oxygen atoms in total. The lowest BCUT2D eigenvalue weighted by Gasteiger charge is -2.25. The fourth-order valence-electron chi connectivity index (χ4n) is 11.4. The number of amides is 5. The number of benzene rings is 2. The van der Waals surface area contributed by atoms with E-state index in [-0.39, 0.29) is 24.8 Å². The zero-order valence-corrected chi connectivity index (χ0v) is 51.0. The van der Waals surface area contributed by atoms with Gasteiger partial charge in [-0.15, -0.1) is 0 Å². The average Bonchev–Trinajstić information content (AvgIpc) is 3.99. The standard InChI is InChI=1S/C68H116N6O6/c1-3-5-7-9-11-13-15-17-19-21-23-25-27-29-31-33-35-37-39-44-54-73(55-45-40-38-36-34-32-30-28-26-24-22-20-18-16-14-12-10-8-6-4-2)67(78)60-50-52-61(53-51-60)71-72-65(76)62-49-46-56-74(62)64(75)58-70-66(77)63(80-68(69)79)57-59-47-42-41-43-48-59/h41-43,47-48,50-53,62-63,71H,3-40,44-46,49,54-58H2,1-2H3,(H2,69,79)(H,70,77)(H,72,76). The summed E-state index contributed by atoms with van der Waals surface area (Å²) in [5, 5.41) is 2.56. The second-order valence-corrected chi connectivity index (χ2v) is 23.5. The third kappa shape index (κ3) is 34.6. The molecule has 0 bridgehead atoms. The lowest BCUT2D eigenvalue weighted by atomic mass is 10.0. The quantitative estimate of drug-likeness (QED) is 0.0378. The number of hydrogen-bond donors (Lipinski definition) is 4. The largest absolute Gasteiger partial charge is 0.436 e. The molecule has 0 aliphatic carbocycles. The maximum atomic E-state index is 14.1. The van der Waals surface area contributed by atoms with Crippen LogP contribution in [0.25, 0.3) is 0 Å². The Labute approximate surface area is 487 Å². The number of hydrazine groups is 1. The number of hydrogen-bond acceptors (Lipinski definition) is 7. The number of rotatable bonds is 52. The lowest BCUT2D eigenvalue weighted by molar-refractivity contribution is -0.139. The molecule has 1 heterocycles. The van der Waals surface area contributed by atoms with Gasteiger partial charge in [-0.3, -0.25) is 30.0 Å². The molecule has 5 N–H and O–H groups in total. The summed E-state index contributed by atoms with van der Waals surface area (Å²) in [4.78, 5) is 68.8. The van der Waals surface area contributed by atoms with Crippen molar-refractivity contribution in [1.82, 2.24) is 20.5 Å². The van der Waals surface area contributed by atoms with Gasteiger partial charge in [-0.05, 0) is 55.5 Å². The third-order valence-corrected chi connectivity index (χ3v) is 16.4. The molecule has 80 heavy (non-hydrogen) atoms. The number of unbranched alkanes of at least 4 members (excludes halogenated alkanes) is 38. The third-order valence-electron chi connectivity index (χ3n) is 16.4. The van der Waals surface area contributed by atoms with Crippen LogP contribution in [0.5, 0.6) is 0 Å². The Balaban J connectivity index is 1.37. The first-order chi connectivity index (χ1) is 39.2. The molecular weight excluding hydrogens is 997 g/mol. The number of likely N-dealkylation sites (tertiary alicyclic amines) is 1. The number of nitrogens with one attached hydrogen (secondary N) is 3. The molecule has 1 saturated heterocycles. The second kappa shape index (κ2) is 48.0. The summed E-state index contributed by atoms with van der Waals surface area (Å²) < 4.78 is 5.07. The van der Waals surface area contributed by atoms with Crippen molar-refractivity contribution in [2.45, 2.75) is 302 Å². The number of ether oxygens (including phenoxy) is 1. The first kappa shape index (κ1) is 69.7. The van der Waals surface area contributed by atoms with Gasteiger partial charge in [0.25, 0.3) is 17.7 Å². The lowest BCUT2D eigenvalue weighted by Crippen LogP contribution is -2.51. The van der Waals surface area contributed by atoms with Gasteiger partial charge in [-0.2, -0.15) is 0 Å². The molecule has 2 atom stereocenters. The Morgan fingerprint density at radius 2 is 0.925 bits per heavy atom. The van der Waals surface area contributed by atoms with E-state index < -0.39 is 30.1 Å². The van der Waals surface area contributed by atoms with Crippen molar-refractivity contribution in [3.05, 3.63) is 65.7 Å². The molecule has 0 saturated carbocycles. The Bertz CT molecular complexity index is 1820. The van der Waals surface area contributed by atoms with Crippen molar-refractivity contribution in [2.24, 2.45) is 5.73 Å². The molecule has 0 radical (unpaired) electrons. The minimum Gasteiger partial charge on any atom is -0.436 e. The summed E-state index contributed by atoms with van der Waals surface area (Å²) in [6.45, 7) is 6.11. The van der Waals surface area contributed by atoms with Crippen LogP contribution >= 0.6 is 0 Å². The minimum atomic E-state index is -1.21. The minimum absolute atomic E-state index is 0.0518. The predicted octanol–water partition coefficient (Wildman–Crippen LogP) is 17.0. The molecule has 1 fully saturated rings. The van der Waals surface area contributed by atoms with Crippen LogP contribution in [0, 0.1) is 0 Å². The van der Waals surface area contributed by atoms with Gasteiger partial charge in [0, 0.05) is 31.6 Å². The van der Waals surface area contributed by atoms with E-state index in [1.165, 1.54) is 236 Å². The SMILES string of the molecule is CCCCCCCCCCCCCCCCCCCCCCN(CCCCCCCCCCCCCCCCCCCCCC)C(=O)c1ccc(NNC(=O)C2CCCN2C(=O)CNC(=O)C(Cc2ccccc2)OC(N)=O)cc1. The van der Waals surface area contributed by atoms with E-state index in [9.17, 15) is 24.0 Å². The molecule has 1 aliphatic heterocycles. The summed E-state index contributed by atoms with van der Waals surface area (Å²) in [6, 6.07) is 15.6. The van der Waals surface area contributed by atoms with Gasteiger partial charge in [-0.1, -0.05) is 288 Å². The van der Waals surface area contributed by atoms with Crippen LogP contribution in [0.15, 0.2) is 54.6 Å². The highest BCUT2D eigenvalue weighted by Crippen LogP contribution is 2.21. The van der Waals surface area contributed by atoms with Crippen molar-refractivity contribution >= 4 is 35.4 Å². The van der Waals surface area contributed by atoms with Crippen LogP contribution in [0.2, 0.25) is 0 Å². The van der Waals surface area contributed by atoms with Crippen LogP contribution in [0.1, 0.15) is 299 Å². The van der Waals surface area contributed by atoms with Crippen molar-refractivity contribution in [3.8, 4) is 0 Å². The first-order valence-corrected chi connectivity index (χ1v) is 33.3. The number of nitrogens with two attached hydrogens (primary N) is 1. The van der Waals surface area contributed by atoms with E-state index in [2.05, 4.69) is 34.9 Å². The zero-order chi connectivity index (χ0) is 57.4. The molecule has 0 spiro atoms. The Morgan fingerprint density at radius 1 is 0.537 bits per heavy atom. The molecule has 454 valence electrons. The van der Waals surface area contributed by atoms with E-state index in [4.69, 9.17) is 10.5 Å².